The largest absolute Gasteiger partial charge is 0.369 e. The molecule has 1 aromatic carbocycles. The highest BCUT2D eigenvalue weighted by Gasteiger charge is 2.34. The SMILES string of the molecule is C[C@H](C(=O)N1CCC(C(N)=O)CC1)N(c1ccc(F)cc1)S(C)(=O)=O. The molecule has 1 saturated heterocycles. The first-order chi connectivity index (χ1) is 11.6. The molecule has 1 aromatic rings. The zero-order chi connectivity index (χ0) is 18.8. The van der Waals surface area contributed by atoms with Gasteiger partial charge < -0.3 is 10.6 Å². The van der Waals surface area contributed by atoms with Gasteiger partial charge in [-0.1, -0.05) is 0 Å². The number of benzene rings is 1. The number of amides is 2. The first-order valence-electron chi connectivity index (χ1n) is 7.94. The Morgan fingerprint density at radius 2 is 1.76 bits per heavy atom. The molecule has 25 heavy (non-hydrogen) atoms. The summed E-state index contributed by atoms with van der Waals surface area (Å²) < 4.78 is 38.5. The van der Waals surface area contributed by atoms with E-state index in [1.165, 1.54) is 24.0 Å². The van der Waals surface area contributed by atoms with Crippen LogP contribution in [0.2, 0.25) is 0 Å². The molecule has 2 amide bonds. The standard InChI is InChI=1S/C16H22FN3O4S/c1-11(16(22)19-9-7-12(8-10-19)15(18)21)20(25(2,23)24)14-5-3-13(17)4-6-14/h3-6,11-12H,7-10H2,1-2H3,(H2,18,21)/t11-/m1/s1. The highest BCUT2D eigenvalue weighted by atomic mass is 32.2. The summed E-state index contributed by atoms with van der Waals surface area (Å²) in [6, 6.07) is 3.94. The third kappa shape index (κ3) is 4.47. The number of nitrogens with zero attached hydrogens (tertiary/aromatic N) is 2. The van der Waals surface area contributed by atoms with E-state index in [0.717, 1.165) is 22.7 Å². The molecule has 1 fully saturated rings. The molecule has 0 bridgehead atoms. The number of rotatable bonds is 5. The maximum Gasteiger partial charge on any atom is 0.246 e. The quantitative estimate of drug-likeness (QED) is 0.823. The van der Waals surface area contributed by atoms with Crippen LogP contribution in [0.15, 0.2) is 24.3 Å². The first-order valence-corrected chi connectivity index (χ1v) is 9.79. The average molecular weight is 371 g/mol. The molecule has 0 radical (unpaired) electrons. The summed E-state index contributed by atoms with van der Waals surface area (Å²) in [6.07, 6.45) is 1.92. The van der Waals surface area contributed by atoms with Gasteiger partial charge in [0.05, 0.1) is 11.9 Å². The summed E-state index contributed by atoms with van der Waals surface area (Å²) in [5.41, 5.74) is 5.50. The van der Waals surface area contributed by atoms with Crippen LogP contribution in [-0.4, -0.2) is 50.5 Å². The molecule has 0 saturated carbocycles. The van der Waals surface area contributed by atoms with E-state index in [1.54, 1.807) is 0 Å². The number of carbonyl (C=O) groups is 2. The van der Waals surface area contributed by atoms with Crippen LogP contribution in [0.1, 0.15) is 19.8 Å². The van der Waals surface area contributed by atoms with E-state index in [-0.39, 0.29) is 23.4 Å². The molecule has 0 spiro atoms. The second kappa shape index (κ2) is 7.38. The Bertz CT molecular complexity index is 743. The van der Waals surface area contributed by atoms with Crippen molar-refractivity contribution in [2.45, 2.75) is 25.8 Å². The van der Waals surface area contributed by atoms with Crippen LogP contribution in [0.25, 0.3) is 0 Å². The molecule has 0 unspecified atom stereocenters. The fourth-order valence-electron chi connectivity index (χ4n) is 3.04. The van der Waals surface area contributed by atoms with Crippen LogP contribution in [0.5, 0.6) is 0 Å². The summed E-state index contributed by atoms with van der Waals surface area (Å²) >= 11 is 0. The van der Waals surface area contributed by atoms with Gasteiger partial charge in [0.25, 0.3) is 0 Å². The minimum Gasteiger partial charge on any atom is -0.369 e. The van der Waals surface area contributed by atoms with Crippen molar-refractivity contribution in [2.75, 3.05) is 23.7 Å². The van der Waals surface area contributed by atoms with E-state index in [4.69, 9.17) is 5.73 Å². The molecule has 0 aromatic heterocycles. The first kappa shape index (κ1) is 19.2. The van der Waals surface area contributed by atoms with Crippen molar-refractivity contribution in [3.8, 4) is 0 Å². The Balaban J connectivity index is 2.19. The number of hydrogen-bond acceptors (Lipinski definition) is 4. The van der Waals surface area contributed by atoms with Gasteiger partial charge in [-0.05, 0) is 44.0 Å². The average Bonchev–Trinajstić information content (AvgIpc) is 2.55. The molecule has 1 atom stereocenters. The Labute approximate surface area is 146 Å². The van der Waals surface area contributed by atoms with Gasteiger partial charge in [0.15, 0.2) is 0 Å². The Kier molecular flexibility index (Phi) is 5.66. The summed E-state index contributed by atoms with van der Waals surface area (Å²) in [6.45, 7) is 2.18. The number of piperidine rings is 1. The molecule has 2 rings (SSSR count). The highest BCUT2D eigenvalue weighted by Crippen LogP contribution is 2.24. The lowest BCUT2D eigenvalue weighted by atomic mass is 9.96. The van der Waals surface area contributed by atoms with E-state index >= 15 is 0 Å². The van der Waals surface area contributed by atoms with Crippen molar-refractivity contribution in [3.05, 3.63) is 30.1 Å². The molecule has 2 N–H and O–H groups in total. The minimum absolute atomic E-state index is 0.219. The number of anilines is 1. The zero-order valence-corrected chi connectivity index (χ0v) is 15.0. The van der Waals surface area contributed by atoms with E-state index in [2.05, 4.69) is 0 Å². The van der Waals surface area contributed by atoms with Crippen molar-refractivity contribution in [2.24, 2.45) is 11.7 Å². The predicted octanol–water partition coefficient (Wildman–Crippen LogP) is 0.704. The molecule has 0 aliphatic carbocycles. The fraction of sp³-hybridized carbons (Fsp3) is 0.500. The predicted molar refractivity (Wildman–Crippen MR) is 91.7 cm³/mol. The lowest BCUT2D eigenvalue weighted by Gasteiger charge is -2.36. The number of hydrogen-bond donors (Lipinski definition) is 1. The van der Waals surface area contributed by atoms with Gasteiger partial charge >= 0.3 is 0 Å². The van der Waals surface area contributed by atoms with Crippen molar-refractivity contribution < 1.29 is 22.4 Å². The molecular weight excluding hydrogens is 349 g/mol. The van der Waals surface area contributed by atoms with Crippen molar-refractivity contribution in [1.82, 2.24) is 4.90 Å². The Hall–Kier alpha value is -2.16. The maximum atomic E-state index is 13.1. The number of carbonyl (C=O) groups excluding carboxylic acids is 2. The molecule has 138 valence electrons. The monoisotopic (exact) mass is 371 g/mol. The smallest absolute Gasteiger partial charge is 0.246 e. The molecule has 1 heterocycles. The normalized spacial score (nSPS) is 17.2. The highest BCUT2D eigenvalue weighted by molar-refractivity contribution is 7.92. The van der Waals surface area contributed by atoms with E-state index < -0.39 is 21.9 Å². The maximum absolute atomic E-state index is 13.1. The molecule has 9 heteroatoms. The van der Waals surface area contributed by atoms with Gasteiger partial charge in [-0.2, -0.15) is 0 Å². The van der Waals surface area contributed by atoms with Crippen molar-refractivity contribution >= 4 is 27.5 Å². The van der Waals surface area contributed by atoms with E-state index in [9.17, 15) is 22.4 Å². The van der Waals surface area contributed by atoms with Crippen LogP contribution >= 0.6 is 0 Å². The van der Waals surface area contributed by atoms with Crippen LogP contribution < -0.4 is 10.0 Å². The molecule has 1 aliphatic heterocycles. The van der Waals surface area contributed by atoms with Crippen molar-refractivity contribution in [1.29, 1.82) is 0 Å². The Morgan fingerprint density at radius 3 is 2.20 bits per heavy atom. The van der Waals surface area contributed by atoms with Crippen LogP contribution in [0.3, 0.4) is 0 Å². The van der Waals surface area contributed by atoms with E-state index in [1.807, 2.05) is 0 Å². The number of halogens is 1. The summed E-state index contributed by atoms with van der Waals surface area (Å²) in [7, 11) is -3.75. The summed E-state index contributed by atoms with van der Waals surface area (Å²) in [5, 5.41) is 0. The Morgan fingerprint density at radius 1 is 1.24 bits per heavy atom. The van der Waals surface area contributed by atoms with Crippen LogP contribution in [0, 0.1) is 11.7 Å². The second-order valence-corrected chi connectivity index (χ2v) is 8.07. The van der Waals surface area contributed by atoms with Crippen molar-refractivity contribution in [3.63, 3.8) is 0 Å². The van der Waals surface area contributed by atoms with Crippen LogP contribution in [-0.2, 0) is 19.6 Å². The number of nitrogens with two attached hydrogens (primary N) is 1. The molecule has 7 nitrogen and oxygen atoms in total. The third-order valence-corrected chi connectivity index (χ3v) is 5.60. The summed E-state index contributed by atoms with van der Waals surface area (Å²) in [5.74, 6) is -1.51. The summed E-state index contributed by atoms with van der Waals surface area (Å²) in [4.78, 5) is 25.5. The van der Waals surface area contributed by atoms with Gasteiger partial charge in [0.1, 0.15) is 11.9 Å². The zero-order valence-electron chi connectivity index (χ0n) is 14.2. The fourth-order valence-corrected chi connectivity index (χ4v) is 4.21. The van der Waals surface area contributed by atoms with Gasteiger partial charge in [0.2, 0.25) is 21.8 Å². The third-order valence-electron chi connectivity index (χ3n) is 4.36. The van der Waals surface area contributed by atoms with Gasteiger partial charge in [-0.3, -0.25) is 13.9 Å². The number of sulfonamides is 1. The number of likely N-dealkylation sites (tertiary alicyclic amines) is 1. The van der Waals surface area contributed by atoms with Crippen LogP contribution in [0.4, 0.5) is 10.1 Å². The van der Waals surface area contributed by atoms with Gasteiger partial charge in [-0.25, -0.2) is 12.8 Å². The van der Waals surface area contributed by atoms with Gasteiger partial charge in [-0.15, -0.1) is 0 Å². The lowest BCUT2D eigenvalue weighted by Crippen LogP contribution is -2.52. The van der Waals surface area contributed by atoms with E-state index in [0.29, 0.717) is 25.9 Å². The molecule has 1 aliphatic rings. The minimum atomic E-state index is -3.75. The number of primary amides is 1. The lowest BCUT2D eigenvalue weighted by molar-refractivity contribution is -0.135. The molecular formula is C16H22FN3O4S. The van der Waals surface area contributed by atoms with Gasteiger partial charge in [0, 0.05) is 19.0 Å². The second-order valence-electron chi connectivity index (χ2n) is 6.21. The topological polar surface area (TPSA) is 101 Å².